The number of nitrogens with one attached hydrogen (secondary N) is 2. The van der Waals surface area contributed by atoms with Crippen LogP contribution in [-0.2, 0) is 6.54 Å². The SMILES string of the molecule is CCN(CC)C(C)CNC(=NC)NC1CCN(Cc2ccccc2)C(C)C1.I. The van der Waals surface area contributed by atoms with E-state index in [0.717, 1.165) is 51.5 Å². The highest BCUT2D eigenvalue weighted by Gasteiger charge is 2.26. The zero-order valence-corrected chi connectivity index (χ0v) is 20.6. The fourth-order valence-electron chi connectivity index (χ4n) is 4.01. The predicted molar refractivity (Wildman–Crippen MR) is 132 cm³/mol. The lowest BCUT2D eigenvalue weighted by Gasteiger charge is -2.38. The number of piperidine rings is 1. The Hall–Kier alpha value is -0.860. The second-order valence-corrected chi connectivity index (χ2v) is 7.69. The van der Waals surface area contributed by atoms with Crippen LogP contribution in [0, 0.1) is 0 Å². The van der Waals surface area contributed by atoms with E-state index in [-0.39, 0.29) is 24.0 Å². The van der Waals surface area contributed by atoms with E-state index >= 15 is 0 Å². The van der Waals surface area contributed by atoms with Crippen LogP contribution in [0.5, 0.6) is 0 Å². The molecule has 1 aliphatic rings. The third-order valence-corrected chi connectivity index (χ3v) is 5.81. The molecule has 160 valence electrons. The lowest BCUT2D eigenvalue weighted by molar-refractivity contribution is 0.134. The number of aliphatic imine (C=N–C) groups is 1. The smallest absolute Gasteiger partial charge is 0.191 e. The number of likely N-dealkylation sites (N-methyl/N-ethyl adjacent to an activating group) is 1. The minimum absolute atomic E-state index is 0. The molecule has 1 aromatic rings. The number of likely N-dealkylation sites (tertiary alicyclic amines) is 1. The number of guanidine groups is 1. The van der Waals surface area contributed by atoms with Crippen LogP contribution in [0.25, 0.3) is 0 Å². The second-order valence-electron chi connectivity index (χ2n) is 7.69. The van der Waals surface area contributed by atoms with E-state index in [1.165, 1.54) is 5.56 Å². The van der Waals surface area contributed by atoms with Crippen LogP contribution < -0.4 is 10.6 Å². The van der Waals surface area contributed by atoms with Gasteiger partial charge in [0, 0.05) is 44.8 Å². The molecule has 0 spiro atoms. The number of hydrogen-bond donors (Lipinski definition) is 2. The summed E-state index contributed by atoms with van der Waals surface area (Å²) in [5, 5.41) is 7.16. The molecule has 6 heteroatoms. The van der Waals surface area contributed by atoms with Crippen molar-refractivity contribution >= 4 is 29.9 Å². The monoisotopic (exact) mass is 501 g/mol. The number of nitrogens with zero attached hydrogens (tertiary/aromatic N) is 3. The Bertz CT molecular complexity index is 561. The molecule has 0 saturated carbocycles. The molecular weight excluding hydrogens is 461 g/mol. The molecule has 0 aromatic heterocycles. The van der Waals surface area contributed by atoms with Gasteiger partial charge in [-0.3, -0.25) is 14.8 Å². The number of hydrogen-bond acceptors (Lipinski definition) is 3. The topological polar surface area (TPSA) is 42.9 Å². The van der Waals surface area contributed by atoms with Crippen molar-refractivity contribution in [3.05, 3.63) is 35.9 Å². The van der Waals surface area contributed by atoms with Crippen molar-refractivity contribution in [2.45, 2.75) is 65.2 Å². The first-order valence-corrected chi connectivity index (χ1v) is 10.6. The van der Waals surface area contributed by atoms with E-state index < -0.39 is 0 Å². The van der Waals surface area contributed by atoms with Gasteiger partial charge in [0.2, 0.25) is 0 Å². The minimum Gasteiger partial charge on any atom is -0.355 e. The summed E-state index contributed by atoms with van der Waals surface area (Å²) in [6, 6.07) is 12.4. The highest BCUT2D eigenvalue weighted by Crippen LogP contribution is 2.19. The van der Waals surface area contributed by atoms with Crippen molar-refractivity contribution < 1.29 is 0 Å². The Morgan fingerprint density at radius 2 is 1.93 bits per heavy atom. The zero-order valence-electron chi connectivity index (χ0n) is 18.3. The van der Waals surface area contributed by atoms with Crippen molar-refractivity contribution in [1.29, 1.82) is 0 Å². The van der Waals surface area contributed by atoms with Gasteiger partial charge in [0.05, 0.1) is 0 Å². The normalized spacial score (nSPS) is 21.9. The van der Waals surface area contributed by atoms with Gasteiger partial charge in [-0.25, -0.2) is 0 Å². The van der Waals surface area contributed by atoms with Gasteiger partial charge in [-0.15, -0.1) is 24.0 Å². The molecule has 28 heavy (non-hydrogen) atoms. The fraction of sp³-hybridized carbons (Fsp3) is 0.682. The Balaban J connectivity index is 0.00000392. The molecule has 1 saturated heterocycles. The molecule has 0 amide bonds. The number of halogens is 1. The average Bonchev–Trinajstić information content (AvgIpc) is 2.69. The Kier molecular flexibility index (Phi) is 12.0. The van der Waals surface area contributed by atoms with Crippen LogP contribution >= 0.6 is 24.0 Å². The van der Waals surface area contributed by atoms with Gasteiger partial charge >= 0.3 is 0 Å². The largest absolute Gasteiger partial charge is 0.355 e. The molecule has 1 heterocycles. The maximum atomic E-state index is 4.44. The van der Waals surface area contributed by atoms with Crippen molar-refractivity contribution in [1.82, 2.24) is 20.4 Å². The summed E-state index contributed by atoms with van der Waals surface area (Å²) >= 11 is 0. The Labute approximate surface area is 189 Å². The van der Waals surface area contributed by atoms with Gasteiger partial charge < -0.3 is 10.6 Å². The lowest BCUT2D eigenvalue weighted by atomic mass is 9.97. The Morgan fingerprint density at radius 1 is 1.25 bits per heavy atom. The summed E-state index contributed by atoms with van der Waals surface area (Å²) < 4.78 is 0. The summed E-state index contributed by atoms with van der Waals surface area (Å²) in [7, 11) is 1.87. The molecule has 0 aliphatic carbocycles. The van der Waals surface area contributed by atoms with Crippen LogP contribution in [0.1, 0.15) is 46.1 Å². The molecule has 3 unspecified atom stereocenters. The van der Waals surface area contributed by atoms with E-state index in [1.54, 1.807) is 0 Å². The van der Waals surface area contributed by atoms with Gasteiger partial charge in [0.25, 0.3) is 0 Å². The van der Waals surface area contributed by atoms with E-state index in [0.29, 0.717) is 18.1 Å². The van der Waals surface area contributed by atoms with Crippen LogP contribution in [0.2, 0.25) is 0 Å². The fourth-order valence-corrected chi connectivity index (χ4v) is 4.01. The minimum atomic E-state index is 0. The van der Waals surface area contributed by atoms with Gasteiger partial charge in [-0.1, -0.05) is 44.2 Å². The van der Waals surface area contributed by atoms with Gasteiger partial charge in [0.1, 0.15) is 0 Å². The van der Waals surface area contributed by atoms with E-state index in [1.807, 2.05) is 7.05 Å². The molecule has 1 fully saturated rings. The molecule has 2 rings (SSSR count). The van der Waals surface area contributed by atoms with Crippen molar-refractivity contribution in [2.24, 2.45) is 4.99 Å². The van der Waals surface area contributed by atoms with E-state index in [2.05, 4.69) is 83.5 Å². The molecule has 1 aromatic carbocycles. The molecule has 1 aliphatic heterocycles. The third-order valence-electron chi connectivity index (χ3n) is 5.81. The predicted octanol–water partition coefficient (Wildman–Crippen LogP) is 3.55. The van der Waals surface area contributed by atoms with Gasteiger partial charge in [-0.05, 0) is 45.3 Å². The molecule has 0 radical (unpaired) electrons. The summed E-state index contributed by atoms with van der Waals surface area (Å²) in [4.78, 5) is 9.49. The molecule has 0 bridgehead atoms. The first kappa shape index (κ1) is 25.2. The molecule has 5 nitrogen and oxygen atoms in total. The number of rotatable bonds is 8. The van der Waals surface area contributed by atoms with Gasteiger partial charge in [0.15, 0.2) is 5.96 Å². The highest BCUT2D eigenvalue weighted by molar-refractivity contribution is 14.0. The van der Waals surface area contributed by atoms with Crippen LogP contribution in [0.15, 0.2) is 35.3 Å². The summed E-state index contributed by atoms with van der Waals surface area (Å²) in [6.45, 7) is 14.3. The standard InChI is InChI=1S/C22H39N5.HI/c1-6-26(7-2)19(4)16-24-22(23-5)25-21-13-14-27(18(3)15-21)17-20-11-9-8-10-12-20;/h8-12,18-19,21H,6-7,13-17H2,1-5H3,(H2,23,24,25);1H. The first-order chi connectivity index (χ1) is 13.1. The maximum Gasteiger partial charge on any atom is 0.191 e. The van der Waals surface area contributed by atoms with Crippen LogP contribution in [0.4, 0.5) is 0 Å². The Morgan fingerprint density at radius 3 is 2.50 bits per heavy atom. The maximum absolute atomic E-state index is 4.44. The average molecular weight is 502 g/mol. The molecule has 3 atom stereocenters. The molecular formula is C22H40IN5. The van der Waals surface area contributed by atoms with Crippen LogP contribution in [0.3, 0.4) is 0 Å². The van der Waals surface area contributed by atoms with Crippen LogP contribution in [-0.4, -0.2) is 67.1 Å². The van der Waals surface area contributed by atoms with Crippen molar-refractivity contribution in [2.75, 3.05) is 33.2 Å². The number of benzene rings is 1. The summed E-state index contributed by atoms with van der Waals surface area (Å²) in [5.74, 6) is 0.933. The van der Waals surface area contributed by atoms with Gasteiger partial charge in [-0.2, -0.15) is 0 Å². The third kappa shape index (κ3) is 7.87. The summed E-state index contributed by atoms with van der Waals surface area (Å²) in [5.41, 5.74) is 1.40. The second kappa shape index (κ2) is 13.4. The highest BCUT2D eigenvalue weighted by atomic mass is 127. The summed E-state index contributed by atoms with van der Waals surface area (Å²) in [6.07, 6.45) is 2.31. The van der Waals surface area contributed by atoms with E-state index in [9.17, 15) is 0 Å². The first-order valence-electron chi connectivity index (χ1n) is 10.6. The van der Waals surface area contributed by atoms with E-state index in [4.69, 9.17) is 0 Å². The quantitative estimate of drug-likeness (QED) is 0.325. The van der Waals surface area contributed by atoms with Crippen molar-refractivity contribution in [3.63, 3.8) is 0 Å². The van der Waals surface area contributed by atoms with Crippen molar-refractivity contribution in [3.8, 4) is 0 Å². The zero-order chi connectivity index (χ0) is 19.6. The molecule has 2 N–H and O–H groups in total. The lowest BCUT2D eigenvalue weighted by Crippen LogP contribution is -2.52.